The van der Waals surface area contributed by atoms with Gasteiger partial charge in [0.25, 0.3) is 5.91 Å². The van der Waals surface area contributed by atoms with Crippen molar-refractivity contribution in [2.75, 3.05) is 12.0 Å². The second-order valence-corrected chi connectivity index (χ2v) is 8.35. The zero-order valence-electron chi connectivity index (χ0n) is 19.1. The molecule has 0 saturated carbocycles. The van der Waals surface area contributed by atoms with Crippen LogP contribution in [0, 0.1) is 0 Å². The number of furan rings is 1. The molecule has 5 rings (SSSR count). The predicted molar refractivity (Wildman–Crippen MR) is 125 cm³/mol. The number of methoxy groups -OCH3 is 1. The summed E-state index contributed by atoms with van der Waals surface area (Å²) in [7, 11) is 1.33. The van der Waals surface area contributed by atoms with E-state index in [4.69, 9.17) is 13.9 Å². The fraction of sp³-hybridized carbons (Fsp3) is 0.185. The maximum absolute atomic E-state index is 13.0. The number of esters is 1. The van der Waals surface area contributed by atoms with E-state index in [1.54, 1.807) is 18.2 Å². The molecule has 0 bridgehead atoms. The van der Waals surface area contributed by atoms with Gasteiger partial charge in [-0.25, -0.2) is 0 Å². The Morgan fingerprint density at radius 3 is 2.58 bits per heavy atom. The summed E-state index contributed by atoms with van der Waals surface area (Å²) in [6.45, 7) is 0.387. The molecule has 4 aromatic rings. The minimum absolute atomic E-state index is 0.110. The van der Waals surface area contributed by atoms with E-state index in [9.17, 15) is 22.8 Å². The highest BCUT2D eigenvalue weighted by Crippen LogP contribution is 2.36. The highest BCUT2D eigenvalue weighted by Gasteiger charge is 2.33. The molecule has 0 saturated heterocycles. The molecule has 0 aliphatic carbocycles. The highest BCUT2D eigenvalue weighted by molar-refractivity contribution is 6.10. The minimum atomic E-state index is -4.45. The lowest BCUT2D eigenvalue weighted by molar-refractivity contribution is -0.140. The summed E-state index contributed by atoms with van der Waals surface area (Å²) in [5.41, 5.74) is 2.88. The third kappa shape index (κ3) is 4.39. The molecule has 0 fully saturated rings. The summed E-state index contributed by atoms with van der Waals surface area (Å²) in [6, 6.07) is 15.2. The van der Waals surface area contributed by atoms with Crippen LogP contribution in [0.2, 0.25) is 0 Å². The van der Waals surface area contributed by atoms with Crippen LogP contribution in [0.15, 0.2) is 71.3 Å². The van der Waals surface area contributed by atoms with Gasteiger partial charge in [-0.05, 0) is 48.0 Å². The number of alkyl halides is 3. The maximum Gasteiger partial charge on any atom is 0.416 e. The van der Waals surface area contributed by atoms with Crippen molar-refractivity contribution in [1.82, 2.24) is 0 Å². The molecular weight excluding hydrogens is 475 g/mol. The predicted octanol–water partition coefficient (Wildman–Crippen LogP) is 5.91. The number of rotatable bonds is 6. The number of anilines is 1. The fourth-order valence-electron chi connectivity index (χ4n) is 4.22. The van der Waals surface area contributed by atoms with Crippen molar-refractivity contribution in [2.24, 2.45) is 0 Å². The van der Waals surface area contributed by atoms with E-state index in [2.05, 4.69) is 0 Å². The monoisotopic (exact) mass is 495 g/mol. The molecule has 1 amide bonds. The van der Waals surface area contributed by atoms with E-state index in [0.717, 1.165) is 28.6 Å². The van der Waals surface area contributed by atoms with E-state index in [1.807, 2.05) is 18.2 Å². The van der Waals surface area contributed by atoms with Gasteiger partial charge in [-0.15, -0.1) is 0 Å². The molecule has 36 heavy (non-hydrogen) atoms. The Kier molecular flexibility index (Phi) is 5.91. The third-order valence-corrected chi connectivity index (χ3v) is 6.11. The van der Waals surface area contributed by atoms with Crippen LogP contribution < -0.4 is 9.64 Å². The van der Waals surface area contributed by atoms with E-state index >= 15 is 0 Å². The van der Waals surface area contributed by atoms with Crippen LogP contribution in [0.3, 0.4) is 0 Å². The quantitative estimate of drug-likeness (QED) is 0.311. The maximum atomic E-state index is 13.0. The molecule has 0 unspecified atom stereocenters. The first-order chi connectivity index (χ1) is 17.2. The molecule has 0 spiro atoms. The van der Waals surface area contributed by atoms with Crippen LogP contribution in [0.4, 0.5) is 18.9 Å². The van der Waals surface area contributed by atoms with Crippen LogP contribution in [0.5, 0.6) is 5.75 Å². The van der Waals surface area contributed by atoms with E-state index in [-0.39, 0.29) is 31.4 Å². The van der Waals surface area contributed by atoms with Crippen LogP contribution in [-0.4, -0.2) is 19.0 Å². The van der Waals surface area contributed by atoms with Gasteiger partial charge in [0.05, 0.1) is 31.9 Å². The zero-order valence-corrected chi connectivity index (χ0v) is 19.1. The second-order valence-electron chi connectivity index (χ2n) is 8.35. The Labute approximate surface area is 203 Å². The largest absolute Gasteiger partial charge is 0.489 e. The van der Waals surface area contributed by atoms with Gasteiger partial charge < -0.3 is 18.8 Å². The normalized spacial score (nSPS) is 13.2. The van der Waals surface area contributed by atoms with Gasteiger partial charge in [-0.2, -0.15) is 13.2 Å². The Bertz CT molecular complexity index is 1460. The summed E-state index contributed by atoms with van der Waals surface area (Å²) in [5, 5.41) is 0.808. The lowest BCUT2D eigenvalue weighted by Gasteiger charge is -2.17. The molecule has 1 aliphatic rings. The third-order valence-electron chi connectivity index (χ3n) is 6.11. The number of benzene rings is 3. The summed E-state index contributed by atoms with van der Waals surface area (Å²) >= 11 is 0. The first-order valence-electron chi connectivity index (χ1n) is 11.0. The van der Waals surface area contributed by atoms with Gasteiger partial charge in [0, 0.05) is 27.8 Å². The van der Waals surface area contributed by atoms with Crippen molar-refractivity contribution >= 4 is 28.5 Å². The molecule has 3 aromatic carbocycles. The number of ether oxygens (including phenoxy) is 2. The number of carbonyl (C=O) groups excluding carboxylic acids is 2. The van der Waals surface area contributed by atoms with Gasteiger partial charge in [0.1, 0.15) is 17.9 Å². The van der Waals surface area contributed by atoms with Gasteiger partial charge in [-0.1, -0.05) is 18.2 Å². The van der Waals surface area contributed by atoms with Gasteiger partial charge in [0.15, 0.2) is 0 Å². The fourth-order valence-corrected chi connectivity index (χ4v) is 4.22. The molecule has 2 heterocycles. The number of hydrogen-bond acceptors (Lipinski definition) is 5. The summed E-state index contributed by atoms with van der Waals surface area (Å²) in [5.74, 6) is -0.144. The van der Waals surface area contributed by atoms with Crippen molar-refractivity contribution < 1.29 is 36.7 Å². The molecule has 0 atom stereocenters. The smallest absolute Gasteiger partial charge is 0.416 e. The van der Waals surface area contributed by atoms with Gasteiger partial charge in [-0.3, -0.25) is 9.59 Å². The number of fused-ring (bicyclic) bond motifs is 2. The van der Waals surface area contributed by atoms with Crippen molar-refractivity contribution in [3.8, 4) is 5.75 Å². The molecule has 0 N–H and O–H groups in total. The summed E-state index contributed by atoms with van der Waals surface area (Å²) < 4.78 is 55.0. The number of halogens is 3. The number of carbonyl (C=O) groups is 2. The van der Waals surface area contributed by atoms with Crippen molar-refractivity contribution in [2.45, 2.75) is 25.7 Å². The van der Waals surface area contributed by atoms with Crippen LogP contribution >= 0.6 is 0 Å². The average molecular weight is 495 g/mol. The first kappa shape index (κ1) is 23.5. The highest BCUT2D eigenvalue weighted by atomic mass is 19.4. The molecule has 184 valence electrons. The van der Waals surface area contributed by atoms with Gasteiger partial charge in [0.2, 0.25) is 0 Å². The summed E-state index contributed by atoms with van der Waals surface area (Å²) in [6.07, 6.45) is -2.81. The second kappa shape index (κ2) is 9.07. The van der Waals surface area contributed by atoms with Crippen molar-refractivity contribution in [1.29, 1.82) is 0 Å². The lowest BCUT2D eigenvalue weighted by Crippen LogP contribution is -2.23. The van der Waals surface area contributed by atoms with Crippen LogP contribution in [0.1, 0.15) is 32.6 Å². The summed E-state index contributed by atoms with van der Waals surface area (Å²) in [4.78, 5) is 26.0. The average Bonchev–Trinajstić information content (AvgIpc) is 3.43. The Morgan fingerprint density at radius 1 is 1.08 bits per heavy atom. The standard InChI is InChI=1S/C27H20F3NO5/c1-34-25(32)12-17-15-36-24-11-16(5-10-20(17)24)14-35-23-4-2-3-21-22(23)13-31(26(21)33)19-8-6-18(7-9-19)27(28,29)30/h2-11,15H,12-14H2,1H3. The van der Waals surface area contributed by atoms with Gasteiger partial charge >= 0.3 is 12.1 Å². The van der Waals surface area contributed by atoms with E-state index in [1.165, 1.54) is 30.4 Å². The molecule has 9 heteroatoms. The Balaban J connectivity index is 1.32. The van der Waals surface area contributed by atoms with Crippen LogP contribution in [-0.2, 0) is 35.3 Å². The zero-order chi connectivity index (χ0) is 25.4. The number of nitrogens with zero attached hydrogens (tertiary/aromatic N) is 1. The first-order valence-corrected chi connectivity index (χ1v) is 11.0. The Morgan fingerprint density at radius 2 is 1.86 bits per heavy atom. The SMILES string of the molecule is COC(=O)Cc1coc2cc(COc3cccc4c3CN(c3ccc(C(F)(F)F)cc3)C4=O)ccc12. The molecule has 1 aliphatic heterocycles. The Hall–Kier alpha value is -4.27. The molecular formula is C27H20F3NO5. The number of hydrogen-bond donors (Lipinski definition) is 0. The van der Waals surface area contributed by atoms with E-state index < -0.39 is 11.7 Å². The number of amides is 1. The minimum Gasteiger partial charge on any atom is -0.489 e. The lowest BCUT2D eigenvalue weighted by atomic mass is 10.1. The van der Waals surface area contributed by atoms with Crippen LogP contribution in [0.25, 0.3) is 11.0 Å². The van der Waals surface area contributed by atoms with E-state index in [0.29, 0.717) is 28.1 Å². The van der Waals surface area contributed by atoms with Crippen molar-refractivity contribution in [3.63, 3.8) is 0 Å². The topological polar surface area (TPSA) is 69.0 Å². The van der Waals surface area contributed by atoms with Crippen molar-refractivity contribution in [3.05, 3.63) is 94.7 Å². The molecule has 1 aromatic heterocycles. The molecule has 6 nitrogen and oxygen atoms in total. The molecule has 0 radical (unpaired) electrons.